The molecule has 0 saturated carbocycles. The summed E-state index contributed by atoms with van der Waals surface area (Å²) < 4.78 is 1.59. The molecule has 6 nitrogen and oxygen atoms in total. The van der Waals surface area contributed by atoms with Crippen molar-refractivity contribution in [3.05, 3.63) is 59.9 Å². The Labute approximate surface area is 122 Å². The Morgan fingerprint density at radius 2 is 2.05 bits per heavy atom. The second-order valence-electron chi connectivity index (χ2n) is 4.74. The number of phenolic OH excluding ortho intramolecular Hbond substituents is 1. The monoisotopic (exact) mass is 281 g/mol. The number of para-hydroxylation sites is 1. The molecule has 1 aromatic heterocycles. The molecule has 0 bridgehead atoms. The van der Waals surface area contributed by atoms with Crippen LogP contribution < -0.4 is 5.32 Å². The molecule has 0 unspecified atom stereocenters. The lowest BCUT2D eigenvalue weighted by Gasteiger charge is -2.10. The first-order valence-corrected chi connectivity index (χ1v) is 6.59. The van der Waals surface area contributed by atoms with E-state index in [1.54, 1.807) is 11.0 Å². The van der Waals surface area contributed by atoms with E-state index in [2.05, 4.69) is 20.8 Å². The summed E-state index contributed by atoms with van der Waals surface area (Å²) in [5.74, 6) is 0.335. The smallest absolute Gasteiger partial charge is 0.143 e. The predicted octanol–water partition coefficient (Wildman–Crippen LogP) is 2.29. The zero-order chi connectivity index (χ0) is 14.7. The Balaban J connectivity index is 1.77. The van der Waals surface area contributed by atoms with Gasteiger partial charge in [-0.2, -0.15) is 0 Å². The second-order valence-corrected chi connectivity index (χ2v) is 4.74. The first kappa shape index (κ1) is 13.1. The maximum Gasteiger partial charge on any atom is 0.143 e. The summed E-state index contributed by atoms with van der Waals surface area (Å²) in [7, 11) is 0. The predicted molar refractivity (Wildman–Crippen MR) is 79.3 cm³/mol. The number of nitrogens with one attached hydrogen (secondary N) is 1. The highest BCUT2D eigenvalue weighted by molar-refractivity contribution is 5.52. The summed E-state index contributed by atoms with van der Waals surface area (Å²) in [4.78, 5) is 0. The maximum atomic E-state index is 10.0. The van der Waals surface area contributed by atoms with Crippen molar-refractivity contribution >= 4 is 5.69 Å². The minimum atomic E-state index is 0.335. The average Bonchev–Trinajstić information content (AvgIpc) is 3.03. The molecule has 0 aliphatic heterocycles. The number of aromatic nitrogens is 4. The van der Waals surface area contributed by atoms with E-state index >= 15 is 0 Å². The molecule has 21 heavy (non-hydrogen) atoms. The lowest BCUT2D eigenvalue weighted by atomic mass is 10.1. The number of nitrogens with zero attached hydrogens (tertiary/aromatic N) is 4. The highest BCUT2D eigenvalue weighted by Gasteiger charge is 2.04. The lowest BCUT2D eigenvalue weighted by Crippen LogP contribution is -2.02. The second kappa shape index (κ2) is 5.62. The van der Waals surface area contributed by atoms with Crippen LogP contribution >= 0.6 is 0 Å². The number of tetrazole rings is 1. The van der Waals surface area contributed by atoms with E-state index in [1.165, 1.54) is 0 Å². The Bertz CT molecular complexity index is 740. The molecule has 3 aromatic rings. The molecular weight excluding hydrogens is 266 g/mol. The van der Waals surface area contributed by atoms with Crippen LogP contribution in [0.1, 0.15) is 11.1 Å². The van der Waals surface area contributed by atoms with Crippen LogP contribution in [0, 0.1) is 6.92 Å². The quantitative estimate of drug-likeness (QED) is 0.767. The van der Waals surface area contributed by atoms with Crippen LogP contribution in [0.25, 0.3) is 5.69 Å². The fraction of sp³-hybridized carbons (Fsp3) is 0.133. The molecule has 2 aromatic carbocycles. The topological polar surface area (TPSA) is 75.9 Å². The van der Waals surface area contributed by atoms with Crippen LogP contribution in [0.3, 0.4) is 0 Å². The maximum absolute atomic E-state index is 10.0. The normalized spacial score (nSPS) is 10.5. The molecule has 0 radical (unpaired) electrons. The van der Waals surface area contributed by atoms with Crippen molar-refractivity contribution in [2.75, 3.05) is 5.32 Å². The van der Waals surface area contributed by atoms with Gasteiger partial charge in [-0.05, 0) is 41.1 Å². The van der Waals surface area contributed by atoms with Gasteiger partial charge in [0.15, 0.2) is 0 Å². The number of benzene rings is 2. The van der Waals surface area contributed by atoms with Gasteiger partial charge < -0.3 is 10.4 Å². The lowest BCUT2D eigenvalue weighted by molar-refractivity contribution is 0.465. The Morgan fingerprint density at radius 1 is 1.19 bits per heavy atom. The van der Waals surface area contributed by atoms with Gasteiger partial charge in [-0.1, -0.05) is 24.3 Å². The summed E-state index contributed by atoms with van der Waals surface area (Å²) in [6, 6.07) is 13.5. The third kappa shape index (κ3) is 2.84. The van der Waals surface area contributed by atoms with Crippen LogP contribution in [-0.4, -0.2) is 25.3 Å². The van der Waals surface area contributed by atoms with Crippen LogP contribution in [0.2, 0.25) is 0 Å². The zero-order valence-electron chi connectivity index (χ0n) is 11.6. The first-order chi connectivity index (χ1) is 10.2. The van der Waals surface area contributed by atoms with E-state index in [0.717, 1.165) is 22.5 Å². The van der Waals surface area contributed by atoms with E-state index in [1.807, 2.05) is 49.4 Å². The average molecular weight is 281 g/mol. The molecule has 0 spiro atoms. The third-order valence-corrected chi connectivity index (χ3v) is 3.26. The van der Waals surface area contributed by atoms with Gasteiger partial charge in [0, 0.05) is 17.8 Å². The SMILES string of the molecule is Cc1cccc(CNc2cccc(-n3cnnn3)c2)c1O. The molecule has 1 heterocycles. The third-order valence-electron chi connectivity index (χ3n) is 3.26. The summed E-state index contributed by atoms with van der Waals surface area (Å²) in [5, 5.41) is 24.4. The molecule has 2 N–H and O–H groups in total. The number of aromatic hydroxyl groups is 1. The molecule has 0 atom stereocenters. The van der Waals surface area contributed by atoms with E-state index in [0.29, 0.717) is 12.3 Å². The fourth-order valence-corrected chi connectivity index (χ4v) is 2.10. The highest BCUT2D eigenvalue weighted by Crippen LogP contribution is 2.22. The molecule has 0 aliphatic carbocycles. The van der Waals surface area contributed by atoms with Gasteiger partial charge in [-0.15, -0.1) is 5.10 Å². The highest BCUT2D eigenvalue weighted by atomic mass is 16.3. The Hall–Kier alpha value is -2.89. The van der Waals surface area contributed by atoms with Crippen LogP contribution in [-0.2, 0) is 6.54 Å². The molecule has 0 saturated heterocycles. The van der Waals surface area contributed by atoms with Crippen molar-refractivity contribution in [3.63, 3.8) is 0 Å². The number of hydrogen-bond acceptors (Lipinski definition) is 5. The number of rotatable bonds is 4. The van der Waals surface area contributed by atoms with Crippen molar-refractivity contribution in [2.45, 2.75) is 13.5 Å². The van der Waals surface area contributed by atoms with E-state index < -0.39 is 0 Å². The van der Waals surface area contributed by atoms with Crippen molar-refractivity contribution in [1.29, 1.82) is 0 Å². The summed E-state index contributed by atoms with van der Waals surface area (Å²) >= 11 is 0. The summed E-state index contributed by atoms with van der Waals surface area (Å²) in [5.41, 5.74) is 3.54. The molecule has 0 fully saturated rings. The first-order valence-electron chi connectivity index (χ1n) is 6.59. The van der Waals surface area contributed by atoms with Gasteiger partial charge in [-0.3, -0.25) is 0 Å². The summed E-state index contributed by atoms with van der Waals surface area (Å²) in [6.07, 6.45) is 1.55. The van der Waals surface area contributed by atoms with Crippen molar-refractivity contribution < 1.29 is 5.11 Å². The zero-order valence-corrected chi connectivity index (χ0v) is 11.6. The summed E-state index contributed by atoms with van der Waals surface area (Å²) in [6.45, 7) is 2.43. The van der Waals surface area contributed by atoms with Gasteiger partial charge in [0.2, 0.25) is 0 Å². The standard InChI is InChI=1S/C15H15N5O/c1-11-4-2-5-12(15(11)21)9-16-13-6-3-7-14(8-13)20-10-17-18-19-20/h2-8,10,16,21H,9H2,1H3. The number of anilines is 1. The minimum Gasteiger partial charge on any atom is -0.507 e. The fourth-order valence-electron chi connectivity index (χ4n) is 2.10. The van der Waals surface area contributed by atoms with E-state index in [4.69, 9.17) is 0 Å². The molecule has 0 aliphatic rings. The van der Waals surface area contributed by atoms with Crippen LogP contribution in [0.5, 0.6) is 5.75 Å². The molecule has 0 amide bonds. The molecular formula is C15H15N5O. The minimum absolute atomic E-state index is 0.335. The van der Waals surface area contributed by atoms with Gasteiger partial charge in [0.05, 0.1) is 5.69 Å². The largest absolute Gasteiger partial charge is 0.507 e. The Kier molecular flexibility index (Phi) is 3.51. The van der Waals surface area contributed by atoms with Crippen molar-refractivity contribution in [1.82, 2.24) is 20.2 Å². The van der Waals surface area contributed by atoms with Crippen molar-refractivity contribution in [3.8, 4) is 11.4 Å². The van der Waals surface area contributed by atoms with Gasteiger partial charge in [-0.25, -0.2) is 4.68 Å². The molecule has 106 valence electrons. The Morgan fingerprint density at radius 3 is 2.86 bits per heavy atom. The number of hydrogen-bond donors (Lipinski definition) is 2. The van der Waals surface area contributed by atoms with Gasteiger partial charge in [0.1, 0.15) is 12.1 Å². The molecule has 3 rings (SSSR count). The van der Waals surface area contributed by atoms with Gasteiger partial charge >= 0.3 is 0 Å². The van der Waals surface area contributed by atoms with Crippen LogP contribution in [0.4, 0.5) is 5.69 Å². The van der Waals surface area contributed by atoms with Crippen molar-refractivity contribution in [2.24, 2.45) is 0 Å². The van der Waals surface area contributed by atoms with Gasteiger partial charge in [0.25, 0.3) is 0 Å². The number of phenols is 1. The van der Waals surface area contributed by atoms with Crippen LogP contribution in [0.15, 0.2) is 48.8 Å². The number of aryl methyl sites for hydroxylation is 1. The van der Waals surface area contributed by atoms with E-state index in [-0.39, 0.29) is 0 Å². The van der Waals surface area contributed by atoms with E-state index in [9.17, 15) is 5.11 Å². The molecule has 6 heteroatoms.